The lowest BCUT2D eigenvalue weighted by atomic mass is 9.33. The molecule has 42 unspecified atom stereocenters. The van der Waals surface area contributed by atoms with Crippen molar-refractivity contribution in [1.82, 2.24) is 0 Å². The zero-order chi connectivity index (χ0) is 96.7. The highest BCUT2D eigenvalue weighted by Gasteiger charge is 2.75. The molecule has 0 aromatic heterocycles. The van der Waals surface area contributed by atoms with E-state index in [0.717, 1.165) is 13.0 Å². The fourth-order valence-electron chi connectivity index (χ4n) is 23.0. The summed E-state index contributed by atoms with van der Waals surface area (Å²) >= 11 is 0. The van der Waals surface area contributed by atoms with Gasteiger partial charge >= 0.3 is 29.8 Å². The minimum Gasteiger partial charge on any atom is -0.493 e. The molecule has 45 heteroatoms. The Morgan fingerprint density at radius 1 is 0.538 bits per heavy atom. The van der Waals surface area contributed by atoms with E-state index in [4.69, 9.17) is 90.0 Å². The molecule has 21 N–H and O–H groups in total. The molecule has 7 saturated heterocycles. The molecule has 748 valence electrons. The molecule has 45 nitrogen and oxygen atoms in total. The van der Waals surface area contributed by atoms with Crippen molar-refractivity contribution in [3.63, 3.8) is 0 Å². The second-order valence-electron chi connectivity index (χ2n) is 39.2. The summed E-state index contributed by atoms with van der Waals surface area (Å²) in [7, 11) is 4.07. The smallest absolute Gasteiger partial charge is 0.331 e. The van der Waals surface area contributed by atoms with Gasteiger partial charge in [-0.3, -0.25) is 19.2 Å². The highest BCUT2D eigenvalue weighted by molar-refractivity contribution is 5.87. The summed E-state index contributed by atoms with van der Waals surface area (Å²) < 4.78 is 116. The Kier molecular flexibility index (Phi) is 31.5. The summed E-state index contributed by atoms with van der Waals surface area (Å²) in [6.45, 7) is 7.11. The molecule has 13 rings (SSSR count). The number of ether oxygens (including phenoxy) is 19. The molecule has 0 radical (unpaired) electrons. The van der Waals surface area contributed by atoms with E-state index < -0.39 is 347 Å². The van der Waals surface area contributed by atoms with Gasteiger partial charge in [0.05, 0.1) is 109 Å². The number of benzene rings is 1. The minimum atomic E-state index is -2.63. The second-order valence-corrected chi connectivity index (χ2v) is 39.2. The first-order chi connectivity index (χ1) is 62.0. The molecule has 7 heterocycles. The number of aliphatic carboxylic acids is 2. The molecule has 1 aromatic rings. The van der Waals surface area contributed by atoms with Gasteiger partial charge in [0.25, 0.3) is 0 Å². The topological polar surface area (TPSA) is 686 Å². The summed E-state index contributed by atoms with van der Waals surface area (Å²) in [5.74, 6) is -7.86. The van der Waals surface area contributed by atoms with Gasteiger partial charge in [-0.05, 0) is 143 Å². The lowest BCUT2D eigenvalue weighted by Gasteiger charge is -2.71. The monoisotopic (exact) mass is 1890 g/mol. The first-order valence-electron chi connectivity index (χ1n) is 44.4. The van der Waals surface area contributed by atoms with Gasteiger partial charge in [-0.15, -0.1) is 0 Å². The van der Waals surface area contributed by atoms with Gasteiger partial charge < -0.3 is 197 Å². The van der Waals surface area contributed by atoms with E-state index in [1.54, 1.807) is 0 Å². The molecule has 5 aliphatic carbocycles. The van der Waals surface area contributed by atoms with Gasteiger partial charge in [0, 0.05) is 11.5 Å². The highest BCUT2D eigenvalue weighted by Crippen LogP contribution is 2.76. The van der Waals surface area contributed by atoms with Gasteiger partial charge in [0.2, 0.25) is 12.0 Å². The summed E-state index contributed by atoms with van der Waals surface area (Å²) in [6, 6.07) is 2.97. The lowest BCUT2D eigenvalue weighted by Crippen LogP contribution is -2.71. The molecule has 0 bridgehead atoms. The molecular formula is C87H130O45. The molecule has 0 amide bonds. The summed E-state index contributed by atoms with van der Waals surface area (Å²) in [4.78, 5) is 70.5. The van der Waals surface area contributed by atoms with Crippen LogP contribution < -0.4 is 14.2 Å². The van der Waals surface area contributed by atoms with E-state index in [1.807, 2.05) is 33.8 Å². The number of carbonyl (C=O) groups excluding carboxylic acids is 3. The maximum Gasteiger partial charge on any atom is 0.331 e. The van der Waals surface area contributed by atoms with Crippen LogP contribution in [0.1, 0.15) is 132 Å². The number of rotatable bonds is 31. The predicted molar refractivity (Wildman–Crippen MR) is 435 cm³/mol. The van der Waals surface area contributed by atoms with Crippen LogP contribution in [0.15, 0.2) is 29.9 Å². The Hall–Kier alpha value is -5.83. The number of hydrogen-bond acceptors (Lipinski definition) is 43. The van der Waals surface area contributed by atoms with E-state index in [0.29, 0.717) is 12.0 Å². The molecule has 7 aliphatic heterocycles. The Bertz CT molecular complexity index is 4220. The van der Waals surface area contributed by atoms with E-state index in [9.17, 15) is 126 Å². The average Bonchev–Trinajstić information content (AvgIpc) is 0.788. The lowest BCUT2D eigenvalue weighted by molar-refractivity contribution is -0.398. The SMILES string of the molecule is COc1cc(C=CC(=O)OC2C(C)OC(OC(=O)C34CCC(C)(C)CC3C3=CCC5C6(C)CC(O)C(OC7OC(CO)C(O)C(O)C7O)C(C)(C(=O)O)C6CCC5(C)C3(CO)CC4)C(OC3OC(C)C(OC4OCC(O)C(OC5OC(CO)C(O)C5O)C4O)C(OC4OCC(O)(COC(=O)CC(C)(O)CC(=O)O)C4O)C3O)C2OC2OC(CO)C(O)C(O)C2O)cc(OC)c1OC. The van der Waals surface area contributed by atoms with Crippen molar-refractivity contribution in [2.45, 2.75) is 334 Å². The van der Waals surface area contributed by atoms with Crippen molar-refractivity contribution in [3.05, 3.63) is 35.4 Å². The summed E-state index contributed by atoms with van der Waals surface area (Å²) in [5.41, 5.74) is -11.2. The summed E-state index contributed by atoms with van der Waals surface area (Å²) in [5, 5.41) is 237. The first kappa shape index (κ1) is 104. The zero-order valence-electron chi connectivity index (χ0n) is 75.0. The van der Waals surface area contributed by atoms with Crippen molar-refractivity contribution in [3.8, 4) is 17.2 Å². The van der Waals surface area contributed by atoms with Gasteiger partial charge in [-0.25, -0.2) is 4.79 Å². The quantitative estimate of drug-likeness (QED) is 0.0109. The Balaban J connectivity index is 0.881. The molecule has 12 aliphatic rings. The largest absolute Gasteiger partial charge is 0.493 e. The second kappa shape index (κ2) is 40.2. The Morgan fingerprint density at radius 3 is 1.64 bits per heavy atom. The van der Waals surface area contributed by atoms with Gasteiger partial charge in [-0.2, -0.15) is 0 Å². The van der Waals surface area contributed by atoms with Crippen LogP contribution in [-0.2, 0) is 99.8 Å². The third-order valence-corrected chi connectivity index (χ3v) is 30.3. The number of allylic oxidation sites excluding steroid dienone is 1. The van der Waals surface area contributed by atoms with Crippen molar-refractivity contribution >= 4 is 35.9 Å². The zero-order valence-corrected chi connectivity index (χ0v) is 75.0. The molecule has 42 atom stereocenters. The third kappa shape index (κ3) is 19.2. The van der Waals surface area contributed by atoms with E-state index >= 15 is 4.79 Å². The van der Waals surface area contributed by atoms with Crippen LogP contribution in [0, 0.1) is 50.2 Å². The fraction of sp³-hybridized carbons (Fsp3) is 0.828. The number of carboxylic acid groups (broad SMARTS) is 2. The Labute approximate surface area is 758 Å². The molecule has 4 saturated carbocycles. The number of carbonyl (C=O) groups is 5. The molecule has 1 aromatic carbocycles. The van der Waals surface area contributed by atoms with Crippen LogP contribution in [-0.4, -0.2) is 412 Å². The third-order valence-electron chi connectivity index (χ3n) is 30.3. The number of fused-ring (bicyclic) bond motifs is 7. The predicted octanol–water partition coefficient (Wildman–Crippen LogP) is -5.12. The average molecular weight is 1900 g/mol. The fourth-order valence-corrected chi connectivity index (χ4v) is 23.0. The van der Waals surface area contributed by atoms with E-state index in [2.05, 4.69) is 0 Å². The molecular weight excluding hydrogens is 1760 g/mol. The first-order valence-corrected chi connectivity index (χ1v) is 44.4. The minimum absolute atomic E-state index is 0.0344. The van der Waals surface area contributed by atoms with Crippen LogP contribution in [0.3, 0.4) is 0 Å². The molecule has 11 fully saturated rings. The van der Waals surface area contributed by atoms with Gasteiger partial charge in [-0.1, -0.05) is 39.3 Å². The van der Waals surface area contributed by atoms with E-state index in [1.165, 1.54) is 60.3 Å². The summed E-state index contributed by atoms with van der Waals surface area (Å²) in [6.07, 6.45) is -58.3. The Morgan fingerprint density at radius 2 is 1.07 bits per heavy atom. The maximum absolute atomic E-state index is 16.8. The molecule has 132 heavy (non-hydrogen) atoms. The molecule has 0 spiro atoms. The number of methoxy groups -OCH3 is 3. The van der Waals surface area contributed by atoms with Crippen molar-refractivity contribution in [2.75, 3.05) is 67.6 Å². The number of carboxylic acids is 2. The van der Waals surface area contributed by atoms with Crippen molar-refractivity contribution in [2.24, 2.45) is 50.2 Å². The number of aliphatic hydroxyl groups excluding tert-OH is 17. The maximum atomic E-state index is 16.8. The van der Waals surface area contributed by atoms with Crippen LogP contribution in [0.4, 0.5) is 0 Å². The van der Waals surface area contributed by atoms with Crippen molar-refractivity contribution in [1.29, 1.82) is 0 Å². The standard InChI is InChI=1S/C87H130O45/c1-35-62(126-71-60(106)64(41(93)31-117-71)127-72-57(103)54(100)46(30-90)123-72)66(128-77-69(108)87(113,34-119-77)33-118-51(97)27-81(5,112)26-49(94)95)61(107)75(120-35)130-68-67(129-73-58(104)55(101)52(98)44(28-88)122-73)63(125-50(96)15-12-37-22-42(114-9)65(116-11)43(23-37)115-10)36(2)121-76(68)132-79(111)85-19-18-80(3,4)24-39(85)38-13-14-47-82(6)25-40(92)70(131-74-59(105)56(102)53(99)45(29-89)124-74)84(8,78(109)110)48(82)16-17-83(47,7)86(38,32-91)21-20-85/h12-13,15,22-23,35-36,39-41,44-48,52-64,66-77,88-93,98-108,112-113H,14,16-21,24-34H2,1-11H3,(H,94,95)(H,109,110). The van der Waals surface area contributed by atoms with Gasteiger partial charge in [0.15, 0.2) is 67.0 Å². The van der Waals surface area contributed by atoms with Crippen LogP contribution >= 0.6 is 0 Å². The van der Waals surface area contributed by atoms with Crippen LogP contribution in [0.5, 0.6) is 17.2 Å². The van der Waals surface area contributed by atoms with Gasteiger partial charge in [0.1, 0.15) is 129 Å². The number of hydrogen-bond donors (Lipinski definition) is 21. The van der Waals surface area contributed by atoms with Crippen LogP contribution in [0.25, 0.3) is 6.08 Å². The highest BCUT2D eigenvalue weighted by atomic mass is 16.8. The number of aliphatic hydroxyl groups is 19. The number of esters is 3. The van der Waals surface area contributed by atoms with Crippen molar-refractivity contribution < 1.29 is 221 Å². The normalized spacial score (nSPS) is 46.4. The van der Waals surface area contributed by atoms with Crippen LogP contribution in [0.2, 0.25) is 0 Å². The van der Waals surface area contributed by atoms with E-state index in [-0.39, 0.29) is 74.2 Å².